The minimum atomic E-state index is -4.44. The number of pyridine rings is 1. The number of aryl methyl sites for hydroxylation is 1. The lowest BCUT2D eigenvalue weighted by molar-refractivity contribution is -0.137. The number of benzene rings is 3. The molecule has 42 heavy (non-hydrogen) atoms. The molecule has 2 aromatic heterocycles. The van der Waals surface area contributed by atoms with Gasteiger partial charge >= 0.3 is 6.18 Å². The smallest absolute Gasteiger partial charge is 0.416 e. The molecule has 0 aliphatic heterocycles. The molecule has 0 spiro atoms. The van der Waals surface area contributed by atoms with Crippen molar-refractivity contribution < 1.29 is 27.4 Å². The highest BCUT2D eigenvalue weighted by atomic mass is 19.4. The fourth-order valence-electron chi connectivity index (χ4n) is 4.91. The molecule has 3 aromatic carbocycles. The zero-order valence-corrected chi connectivity index (χ0v) is 23.2. The number of methoxy groups -OCH3 is 2. The van der Waals surface area contributed by atoms with E-state index in [1.165, 1.54) is 6.07 Å². The third kappa shape index (κ3) is 6.40. The molecule has 0 radical (unpaired) electrons. The summed E-state index contributed by atoms with van der Waals surface area (Å²) in [6, 6.07) is 24.1. The van der Waals surface area contributed by atoms with Gasteiger partial charge in [-0.05, 0) is 65.9 Å². The Morgan fingerprint density at radius 1 is 0.833 bits per heavy atom. The SMILES string of the molecule is COc1ccc(CCNC(=O)CCc2c(-c3ccccc3)nc3ccc(-c4cccc(C(F)(F)F)c4)cn23)cc1OC. The lowest BCUT2D eigenvalue weighted by Gasteiger charge is -2.11. The molecule has 0 fully saturated rings. The lowest BCUT2D eigenvalue weighted by atomic mass is 10.0. The van der Waals surface area contributed by atoms with Crippen molar-refractivity contribution in [3.63, 3.8) is 0 Å². The van der Waals surface area contributed by atoms with Crippen molar-refractivity contribution in [1.82, 2.24) is 14.7 Å². The summed E-state index contributed by atoms with van der Waals surface area (Å²) >= 11 is 0. The Bertz CT molecular complexity index is 1700. The zero-order valence-electron chi connectivity index (χ0n) is 23.2. The van der Waals surface area contributed by atoms with Crippen LogP contribution in [0.2, 0.25) is 0 Å². The summed E-state index contributed by atoms with van der Waals surface area (Å²) in [6.45, 7) is 0.451. The van der Waals surface area contributed by atoms with Crippen LogP contribution in [0.25, 0.3) is 28.0 Å². The van der Waals surface area contributed by atoms with Crippen LogP contribution in [-0.2, 0) is 23.8 Å². The Balaban J connectivity index is 1.36. The van der Waals surface area contributed by atoms with Crippen LogP contribution in [0, 0.1) is 0 Å². The van der Waals surface area contributed by atoms with E-state index < -0.39 is 11.7 Å². The van der Waals surface area contributed by atoms with Crippen LogP contribution < -0.4 is 14.8 Å². The first-order chi connectivity index (χ1) is 20.3. The van der Waals surface area contributed by atoms with Crippen molar-refractivity contribution in [3.8, 4) is 33.9 Å². The summed E-state index contributed by atoms with van der Waals surface area (Å²) in [5.74, 6) is 1.16. The monoisotopic (exact) mass is 573 g/mol. The molecule has 0 aliphatic carbocycles. The molecule has 2 heterocycles. The van der Waals surface area contributed by atoms with Crippen LogP contribution in [0.15, 0.2) is 91.1 Å². The van der Waals surface area contributed by atoms with Crippen LogP contribution in [0.5, 0.6) is 11.5 Å². The van der Waals surface area contributed by atoms with Gasteiger partial charge in [0.05, 0.1) is 31.2 Å². The van der Waals surface area contributed by atoms with Crippen molar-refractivity contribution in [2.75, 3.05) is 20.8 Å². The predicted molar refractivity (Wildman–Crippen MR) is 156 cm³/mol. The Morgan fingerprint density at radius 3 is 2.33 bits per heavy atom. The van der Waals surface area contributed by atoms with Crippen LogP contribution >= 0.6 is 0 Å². The van der Waals surface area contributed by atoms with Gasteiger partial charge in [-0.25, -0.2) is 4.98 Å². The minimum absolute atomic E-state index is 0.113. The number of hydrogen-bond donors (Lipinski definition) is 1. The van der Waals surface area contributed by atoms with E-state index in [0.29, 0.717) is 47.7 Å². The quantitative estimate of drug-likeness (QED) is 0.196. The van der Waals surface area contributed by atoms with E-state index in [9.17, 15) is 18.0 Å². The number of alkyl halides is 3. The van der Waals surface area contributed by atoms with E-state index in [1.54, 1.807) is 38.6 Å². The van der Waals surface area contributed by atoms with Gasteiger partial charge < -0.3 is 19.2 Å². The van der Waals surface area contributed by atoms with Crippen molar-refractivity contribution >= 4 is 11.6 Å². The molecule has 1 N–H and O–H groups in total. The average molecular weight is 574 g/mol. The normalized spacial score (nSPS) is 11.5. The van der Waals surface area contributed by atoms with Crippen LogP contribution in [0.3, 0.4) is 0 Å². The Kier molecular flexibility index (Phi) is 8.47. The molecule has 0 saturated carbocycles. The highest BCUT2D eigenvalue weighted by Gasteiger charge is 2.30. The fraction of sp³-hybridized carbons (Fsp3) is 0.212. The molecular formula is C33H30F3N3O3. The Hall–Kier alpha value is -4.79. The number of fused-ring (bicyclic) bond motifs is 1. The maximum atomic E-state index is 13.4. The molecule has 1 amide bonds. The summed E-state index contributed by atoms with van der Waals surface area (Å²) < 4.78 is 52.6. The number of aromatic nitrogens is 2. The van der Waals surface area contributed by atoms with Crippen molar-refractivity contribution in [1.29, 1.82) is 0 Å². The van der Waals surface area contributed by atoms with Gasteiger partial charge in [-0.15, -0.1) is 0 Å². The lowest BCUT2D eigenvalue weighted by Crippen LogP contribution is -2.26. The van der Waals surface area contributed by atoms with Crippen LogP contribution in [-0.4, -0.2) is 36.1 Å². The highest BCUT2D eigenvalue weighted by Crippen LogP contribution is 2.33. The maximum Gasteiger partial charge on any atom is 0.416 e. The number of nitrogens with zero attached hydrogens (tertiary/aromatic N) is 2. The number of rotatable bonds is 10. The summed E-state index contributed by atoms with van der Waals surface area (Å²) in [7, 11) is 3.16. The van der Waals surface area contributed by atoms with Crippen LogP contribution in [0.1, 0.15) is 23.2 Å². The first-order valence-electron chi connectivity index (χ1n) is 13.5. The van der Waals surface area contributed by atoms with Crippen molar-refractivity contribution in [3.05, 3.63) is 108 Å². The van der Waals surface area contributed by atoms with E-state index in [0.717, 1.165) is 34.6 Å². The number of nitrogens with one attached hydrogen (secondary N) is 1. The third-order valence-corrected chi connectivity index (χ3v) is 7.06. The molecule has 5 rings (SSSR count). The van der Waals surface area contributed by atoms with Gasteiger partial charge in [0, 0.05) is 24.7 Å². The molecule has 0 aliphatic rings. The zero-order chi connectivity index (χ0) is 29.7. The van der Waals surface area contributed by atoms with E-state index in [-0.39, 0.29) is 12.3 Å². The topological polar surface area (TPSA) is 64.9 Å². The first-order valence-corrected chi connectivity index (χ1v) is 13.5. The van der Waals surface area contributed by atoms with E-state index in [4.69, 9.17) is 14.5 Å². The molecular weight excluding hydrogens is 543 g/mol. The van der Waals surface area contributed by atoms with Gasteiger partial charge in [0.2, 0.25) is 5.91 Å². The van der Waals surface area contributed by atoms with Crippen LogP contribution in [0.4, 0.5) is 13.2 Å². The second kappa shape index (κ2) is 12.4. The number of carbonyl (C=O) groups excluding carboxylic acids is 1. The fourth-order valence-corrected chi connectivity index (χ4v) is 4.91. The van der Waals surface area contributed by atoms with E-state index in [1.807, 2.05) is 52.9 Å². The summed E-state index contributed by atoms with van der Waals surface area (Å²) in [6.07, 6.45) is -1.42. The maximum absolute atomic E-state index is 13.4. The summed E-state index contributed by atoms with van der Waals surface area (Å²) in [4.78, 5) is 17.7. The number of imidazole rings is 1. The van der Waals surface area contributed by atoms with Gasteiger partial charge in [0.1, 0.15) is 5.65 Å². The van der Waals surface area contributed by atoms with E-state index in [2.05, 4.69) is 5.32 Å². The third-order valence-electron chi connectivity index (χ3n) is 7.06. The van der Waals surface area contributed by atoms with E-state index >= 15 is 0 Å². The second-order valence-corrected chi connectivity index (χ2v) is 9.79. The summed E-state index contributed by atoms with van der Waals surface area (Å²) in [5.41, 5.74) is 4.43. The molecule has 0 atom stereocenters. The number of hydrogen-bond acceptors (Lipinski definition) is 4. The van der Waals surface area contributed by atoms with Gasteiger partial charge in [-0.3, -0.25) is 4.79 Å². The molecule has 0 saturated heterocycles. The average Bonchev–Trinajstić information content (AvgIpc) is 3.37. The molecule has 0 bridgehead atoms. The Morgan fingerprint density at radius 2 is 1.60 bits per heavy atom. The van der Waals surface area contributed by atoms with Crippen molar-refractivity contribution in [2.45, 2.75) is 25.4 Å². The first kappa shape index (κ1) is 28.7. The Labute approximate surface area is 241 Å². The standard InChI is InChI=1S/C33H30F3N3O3/c1-41-28-14-11-22(19-29(28)42-2)17-18-37-31(40)16-13-27-32(23-7-4-3-5-8-23)38-30-15-12-25(21-39(27)30)24-9-6-10-26(20-24)33(34,35)36/h3-12,14-15,19-21H,13,16-18H2,1-2H3,(H,37,40). The number of halogens is 3. The molecule has 9 heteroatoms. The van der Waals surface area contributed by atoms with Gasteiger partial charge in [0.25, 0.3) is 0 Å². The minimum Gasteiger partial charge on any atom is -0.493 e. The molecule has 0 unspecified atom stereocenters. The van der Waals surface area contributed by atoms with Crippen molar-refractivity contribution in [2.24, 2.45) is 0 Å². The molecule has 216 valence electrons. The van der Waals surface area contributed by atoms with Gasteiger partial charge in [-0.1, -0.05) is 48.5 Å². The number of amides is 1. The number of ether oxygens (including phenoxy) is 2. The number of carbonyl (C=O) groups is 1. The molecule has 5 aromatic rings. The van der Waals surface area contributed by atoms with Gasteiger partial charge in [0.15, 0.2) is 11.5 Å². The molecule has 6 nitrogen and oxygen atoms in total. The second-order valence-electron chi connectivity index (χ2n) is 9.79. The summed E-state index contributed by atoms with van der Waals surface area (Å²) in [5, 5.41) is 2.98. The largest absolute Gasteiger partial charge is 0.493 e. The highest BCUT2D eigenvalue weighted by molar-refractivity contribution is 5.77. The predicted octanol–water partition coefficient (Wildman–Crippen LogP) is 7.00. The van der Waals surface area contributed by atoms with Gasteiger partial charge in [-0.2, -0.15) is 13.2 Å².